The summed E-state index contributed by atoms with van der Waals surface area (Å²) in [7, 11) is 0. The van der Waals surface area contributed by atoms with Gasteiger partial charge in [0.05, 0.1) is 0 Å². The van der Waals surface area contributed by atoms with E-state index in [-0.39, 0.29) is 31.1 Å². The van der Waals surface area contributed by atoms with Crippen LogP contribution in [-0.4, -0.2) is 37.2 Å². The van der Waals surface area contributed by atoms with Gasteiger partial charge in [-0.3, -0.25) is 14.4 Å². The van der Waals surface area contributed by atoms with Crippen LogP contribution < -0.4 is 0 Å². The van der Waals surface area contributed by atoms with Crippen LogP contribution in [0.15, 0.2) is 85.1 Å². The summed E-state index contributed by atoms with van der Waals surface area (Å²) >= 11 is 0. The highest BCUT2D eigenvalue weighted by atomic mass is 16.6. The van der Waals surface area contributed by atoms with Gasteiger partial charge in [0.2, 0.25) is 0 Å². The molecule has 0 spiro atoms. The van der Waals surface area contributed by atoms with Crippen molar-refractivity contribution in [1.82, 2.24) is 0 Å². The van der Waals surface area contributed by atoms with Gasteiger partial charge in [-0.1, -0.05) is 254 Å². The Balaban J connectivity index is 4.42. The van der Waals surface area contributed by atoms with E-state index in [2.05, 4.69) is 106 Å². The van der Waals surface area contributed by atoms with Crippen LogP contribution in [0.25, 0.3) is 0 Å². The van der Waals surface area contributed by atoms with Crippen LogP contribution in [0.3, 0.4) is 0 Å². The lowest BCUT2D eigenvalue weighted by Crippen LogP contribution is -2.30. The average Bonchev–Trinajstić information content (AvgIpc) is 3.39. The van der Waals surface area contributed by atoms with Crippen LogP contribution in [0.1, 0.15) is 303 Å². The highest BCUT2D eigenvalue weighted by Gasteiger charge is 2.19. The second-order valence-corrected chi connectivity index (χ2v) is 20.6. The van der Waals surface area contributed by atoms with Crippen LogP contribution in [-0.2, 0) is 28.6 Å². The molecule has 0 radical (unpaired) electrons. The Morgan fingerprint density at radius 3 is 0.877 bits per heavy atom. The van der Waals surface area contributed by atoms with Crippen LogP contribution >= 0.6 is 0 Å². The molecule has 0 rings (SSSR count). The number of hydrogen-bond donors (Lipinski definition) is 0. The van der Waals surface area contributed by atoms with E-state index in [0.29, 0.717) is 19.3 Å². The zero-order valence-electron chi connectivity index (χ0n) is 48.1. The molecule has 0 aromatic rings. The van der Waals surface area contributed by atoms with Gasteiger partial charge >= 0.3 is 17.9 Å². The first-order valence-electron chi connectivity index (χ1n) is 31.1. The monoisotopic (exact) mass is 1020 g/mol. The van der Waals surface area contributed by atoms with Crippen molar-refractivity contribution in [3.05, 3.63) is 85.1 Å². The van der Waals surface area contributed by atoms with Gasteiger partial charge in [-0.05, 0) is 116 Å². The maximum Gasteiger partial charge on any atom is 0.306 e. The van der Waals surface area contributed by atoms with Gasteiger partial charge in [-0.25, -0.2) is 0 Å². The van der Waals surface area contributed by atoms with Crippen molar-refractivity contribution < 1.29 is 28.6 Å². The Kier molecular flexibility index (Phi) is 58.3. The van der Waals surface area contributed by atoms with Crippen molar-refractivity contribution in [3.63, 3.8) is 0 Å². The van der Waals surface area contributed by atoms with Crippen molar-refractivity contribution >= 4 is 17.9 Å². The van der Waals surface area contributed by atoms with Crippen molar-refractivity contribution in [3.8, 4) is 0 Å². The summed E-state index contributed by atoms with van der Waals surface area (Å²) < 4.78 is 16.9. The molecule has 0 aliphatic carbocycles. The number of rotatable bonds is 56. The van der Waals surface area contributed by atoms with E-state index in [9.17, 15) is 14.4 Å². The van der Waals surface area contributed by atoms with Crippen LogP contribution in [0.4, 0.5) is 0 Å². The maximum absolute atomic E-state index is 12.9. The summed E-state index contributed by atoms with van der Waals surface area (Å²) in [5.74, 6) is -0.907. The Hall–Kier alpha value is -3.41. The zero-order chi connectivity index (χ0) is 52.9. The predicted molar refractivity (Wildman–Crippen MR) is 316 cm³/mol. The molecule has 6 nitrogen and oxygen atoms in total. The van der Waals surface area contributed by atoms with Crippen molar-refractivity contribution in [2.45, 2.75) is 309 Å². The summed E-state index contributed by atoms with van der Waals surface area (Å²) in [4.78, 5) is 38.3. The molecule has 1 atom stereocenters. The quantitative estimate of drug-likeness (QED) is 0.0261. The minimum absolute atomic E-state index is 0.0864. The van der Waals surface area contributed by atoms with E-state index in [1.54, 1.807) is 0 Å². The summed E-state index contributed by atoms with van der Waals surface area (Å²) in [6, 6.07) is 0. The molecule has 0 amide bonds. The number of unbranched alkanes of at least 4 members (excludes halogenated alkanes) is 31. The lowest BCUT2D eigenvalue weighted by molar-refractivity contribution is -0.167. The fourth-order valence-corrected chi connectivity index (χ4v) is 8.69. The molecule has 0 fully saturated rings. The molecule has 73 heavy (non-hydrogen) atoms. The lowest BCUT2D eigenvalue weighted by Gasteiger charge is -2.18. The molecule has 0 saturated carbocycles. The Bertz CT molecular complexity index is 1400. The third-order valence-corrected chi connectivity index (χ3v) is 13.4. The van der Waals surface area contributed by atoms with Crippen LogP contribution in [0.2, 0.25) is 0 Å². The fraction of sp³-hybridized carbons (Fsp3) is 0.746. The van der Waals surface area contributed by atoms with Crippen LogP contribution in [0, 0.1) is 0 Å². The first-order valence-corrected chi connectivity index (χ1v) is 31.1. The number of ether oxygens (including phenoxy) is 3. The first-order chi connectivity index (χ1) is 36.0. The number of carbonyl (C=O) groups excluding carboxylic acids is 3. The number of carbonyl (C=O) groups is 3. The average molecular weight is 1020 g/mol. The lowest BCUT2D eigenvalue weighted by atomic mass is 10.1. The van der Waals surface area contributed by atoms with Gasteiger partial charge in [0, 0.05) is 19.3 Å². The third kappa shape index (κ3) is 59.3. The SMILES string of the molecule is CC/C=C\C/C=C\C/C=C\C/C=C\CCCCCCC(=O)OC[C@H](COC(=O)CCCCCCCCCCC/C=C\CCCCCCCC)OC(=O)CCCCCCCCCCC/C=C\C/C=C\CCCCC. The Morgan fingerprint density at radius 1 is 0.288 bits per heavy atom. The van der Waals surface area contributed by atoms with Gasteiger partial charge < -0.3 is 14.2 Å². The molecule has 420 valence electrons. The van der Waals surface area contributed by atoms with Gasteiger partial charge in [0.15, 0.2) is 6.10 Å². The number of hydrogen-bond acceptors (Lipinski definition) is 6. The smallest absolute Gasteiger partial charge is 0.306 e. The largest absolute Gasteiger partial charge is 0.462 e. The van der Waals surface area contributed by atoms with Gasteiger partial charge in [0.25, 0.3) is 0 Å². The van der Waals surface area contributed by atoms with E-state index in [1.807, 2.05) is 0 Å². The first kappa shape index (κ1) is 69.6. The molecular formula is C67H116O6. The summed E-state index contributed by atoms with van der Waals surface area (Å²) in [5, 5.41) is 0. The molecular weight excluding hydrogens is 901 g/mol. The van der Waals surface area contributed by atoms with Crippen molar-refractivity contribution in [1.29, 1.82) is 0 Å². The molecule has 0 unspecified atom stereocenters. The molecule has 0 N–H and O–H groups in total. The summed E-state index contributed by atoms with van der Waals surface area (Å²) in [6.07, 6.45) is 80.0. The molecule has 0 aromatic heterocycles. The van der Waals surface area contributed by atoms with E-state index in [0.717, 1.165) is 103 Å². The molecule has 0 aromatic carbocycles. The Morgan fingerprint density at radius 2 is 0.534 bits per heavy atom. The second-order valence-electron chi connectivity index (χ2n) is 20.6. The summed E-state index contributed by atoms with van der Waals surface area (Å²) in [5.41, 5.74) is 0. The van der Waals surface area contributed by atoms with Gasteiger partial charge in [-0.2, -0.15) is 0 Å². The topological polar surface area (TPSA) is 78.9 Å². The minimum Gasteiger partial charge on any atom is -0.462 e. The predicted octanol–water partition coefficient (Wildman–Crippen LogP) is 21.1. The minimum atomic E-state index is -0.791. The normalized spacial score (nSPS) is 12.6. The summed E-state index contributed by atoms with van der Waals surface area (Å²) in [6.45, 7) is 6.50. The van der Waals surface area contributed by atoms with Crippen LogP contribution in [0.5, 0.6) is 0 Å². The highest BCUT2D eigenvalue weighted by Crippen LogP contribution is 2.16. The Labute approximate surface area is 452 Å². The molecule has 0 heterocycles. The van der Waals surface area contributed by atoms with Crippen molar-refractivity contribution in [2.75, 3.05) is 13.2 Å². The van der Waals surface area contributed by atoms with E-state index >= 15 is 0 Å². The second kappa shape index (κ2) is 61.1. The number of allylic oxidation sites excluding steroid dienone is 14. The van der Waals surface area contributed by atoms with E-state index in [4.69, 9.17) is 14.2 Å². The van der Waals surface area contributed by atoms with Gasteiger partial charge in [-0.15, -0.1) is 0 Å². The standard InChI is InChI=1S/C67H116O6/c1-4-7-10-13-16-19-22-25-28-31-33-36-39-42-45-48-51-54-57-60-66(69)72-63-64(62-71-65(68)59-56-53-50-47-44-41-38-35-30-27-24-21-18-15-12-9-6-3)73-67(70)61-58-55-52-49-46-43-40-37-34-32-29-26-23-20-17-14-11-8-5-2/h9,12,17-18,20-21,25-30,38,41,64H,4-8,10-11,13-16,19,22-24,31-37,39-40,42-63H2,1-3H3/b12-9-,20-17-,21-18-,28-25-,29-26-,30-27-,41-38-/t64-/m1/s1. The molecule has 6 heteroatoms. The molecule has 0 bridgehead atoms. The molecule has 0 aliphatic rings. The highest BCUT2D eigenvalue weighted by molar-refractivity contribution is 5.71. The van der Waals surface area contributed by atoms with E-state index < -0.39 is 6.10 Å². The van der Waals surface area contributed by atoms with Gasteiger partial charge in [0.1, 0.15) is 13.2 Å². The zero-order valence-corrected chi connectivity index (χ0v) is 48.1. The fourth-order valence-electron chi connectivity index (χ4n) is 8.69. The molecule has 0 saturated heterocycles. The molecule has 0 aliphatic heterocycles. The van der Waals surface area contributed by atoms with Crippen molar-refractivity contribution in [2.24, 2.45) is 0 Å². The third-order valence-electron chi connectivity index (χ3n) is 13.4. The maximum atomic E-state index is 12.9. The van der Waals surface area contributed by atoms with E-state index in [1.165, 1.54) is 161 Å². The number of esters is 3.